The van der Waals surface area contributed by atoms with Gasteiger partial charge in [-0.25, -0.2) is 13.8 Å². The molecule has 1 aliphatic heterocycles. The van der Waals surface area contributed by atoms with Crippen LogP contribution in [0.1, 0.15) is 25.3 Å². The van der Waals surface area contributed by atoms with Crippen molar-refractivity contribution >= 4 is 27.3 Å². The summed E-state index contributed by atoms with van der Waals surface area (Å²) >= 11 is 0. The first kappa shape index (κ1) is 22.0. The largest absolute Gasteiger partial charge is 0.298 e. The Bertz CT molecular complexity index is 968. The topological polar surface area (TPSA) is 82.1 Å². The third kappa shape index (κ3) is 5.90. The second-order valence-electron chi connectivity index (χ2n) is 7.49. The molecule has 0 spiro atoms. The number of para-hydroxylation sites is 1. The highest BCUT2D eigenvalue weighted by atomic mass is 32.2. The van der Waals surface area contributed by atoms with Crippen LogP contribution < -0.4 is 9.73 Å². The minimum atomic E-state index is -3.63. The molecule has 2 aromatic carbocycles. The lowest BCUT2D eigenvalue weighted by atomic mass is 10.1. The Kier molecular flexibility index (Phi) is 7.23. The summed E-state index contributed by atoms with van der Waals surface area (Å²) in [5.41, 5.74) is 5.21. The summed E-state index contributed by atoms with van der Waals surface area (Å²) in [6.45, 7) is 4.21. The van der Waals surface area contributed by atoms with Gasteiger partial charge in [-0.15, -0.1) is 0 Å². The Labute approximate surface area is 178 Å². The van der Waals surface area contributed by atoms with Gasteiger partial charge in [0.05, 0.1) is 11.9 Å². The van der Waals surface area contributed by atoms with Crippen LogP contribution in [-0.2, 0) is 21.4 Å². The van der Waals surface area contributed by atoms with Gasteiger partial charge in [0.15, 0.2) is 0 Å². The zero-order valence-corrected chi connectivity index (χ0v) is 18.2. The second kappa shape index (κ2) is 9.86. The first-order chi connectivity index (χ1) is 14.3. The van der Waals surface area contributed by atoms with Crippen molar-refractivity contribution < 1.29 is 13.2 Å². The molecule has 7 nitrogen and oxygen atoms in total. The molecular formula is C22H28N4O3S. The van der Waals surface area contributed by atoms with E-state index in [2.05, 4.69) is 27.6 Å². The molecule has 0 unspecified atom stereocenters. The molecule has 160 valence electrons. The molecule has 1 fully saturated rings. The van der Waals surface area contributed by atoms with E-state index in [0.29, 0.717) is 5.69 Å². The summed E-state index contributed by atoms with van der Waals surface area (Å²) in [5, 5.41) is 4.27. The van der Waals surface area contributed by atoms with Crippen LogP contribution in [0.3, 0.4) is 0 Å². The lowest BCUT2D eigenvalue weighted by Gasteiger charge is -2.29. The maximum atomic E-state index is 12.6. The molecule has 3 rings (SSSR count). The number of hydrazone groups is 1. The normalized spacial score (nSPS) is 16.0. The molecule has 0 bridgehead atoms. The van der Waals surface area contributed by atoms with Gasteiger partial charge in [0.2, 0.25) is 10.0 Å². The number of nitrogens with one attached hydrogen (secondary N) is 1. The van der Waals surface area contributed by atoms with Crippen molar-refractivity contribution in [1.29, 1.82) is 0 Å². The summed E-state index contributed by atoms with van der Waals surface area (Å²) in [6.07, 6.45) is 2.64. The average molecular weight is 429 g/mol. The van der Waals surface area contributed by atoms with Crippen LogP contribution in [0, 0.1) is 0 Å². The first-order valence-electron chi connectivity index (χ1n) is 10.0. The molecular weight excluding hydrogens is 400 g/mol. The predicted molar refractivity (Wildman–Crippen MR) is 120 cm³/mol. The molecule has 1 aliphatic rings. The summed E-state index contributed by atoms with van der Waals surface area (Å²) in [7, 11) is -3.63. The summed E-state index contributed by atoms with van der Waals surface area (Å²) in [6, 6.07) is 18.0. The van der Waals surface area contributed by atoms with Gasteiger partial charge >= 0.3 is 0 Å². The Balaban J connectivity index is 1.57. The number of carbonyl (C=O) groups is 1. The molecule has 1 saturated heterocycles. The second-order valence-corrected chi connectivity index (χ2v) is 9.35. The van der Waals surface area contributed by atoms with Crippen molar-refractivity contribution in [2.45, 2.75) is 32.4 Å². The molecule has 0 radical (unpaired) electrons. The number of carbonyl (C=O) groups excluding carboxylic acids is 1. The number of rotatable bonds is 7. The molecule has 8 heteroatoms. The molecule has 1 heterocycles. The van der Waals surface area contributed by atoms with Gasteiger partial charge in [0.1, 0.15) is 6.04 Å². The lowest BCUT2D eigenvalue weighted by Crippen LogP contribution is -2.47. The van der Waals surface area contributed by atoms with Crippen LogP contribution in [0.25, 0.3) is 0 Å². The van der Waals surface area contributed by atoms with Crippen LogP contribution in [0.15, 0.2) is 65.8 Å². The number of hydrogen-bond donors (Lipinski definition) is 1. The molecule has 1 N–H and O–H groups in total. The molecule has 2 aromatic rings. The first-order valence-corrected chi connectivity index (χ1v) is 11.9. The highest BCUT2D eigenvalue weighted by Crippen LogP contribution is 2.20. The average Bonchev–Trinajstić information content (AvgIpc) is 2.73. The van der Waals surface area contributed by atoms with E-state index in [1.165, 1.54) is 5.56 Å². The predicted octanol–water partition coefficient (Wildman–Crippen LogP) is 2.61. The third-order valence-electron chi connectivity index (χ3n) is 5.11. The van der Waals surface area contributed by atoms with Crippen molar-refractivity contribution in [1.82, 2.24) is 10.3 Å². The molecule has 0 saturated carbocycles. The quantitative estimate of drug-likeness (QED) is 0.688. The van der Waals surface area contributed by atoms with Gasteiger partial charge in [0.25, 0.3) is 5.91 Å². The summed E-state index contributed by atoms with van der Waals surface area (Å²) in [4.78, 5) is 15.0. The number of sulfonamides is 1. The Morgan fingerprint density at radius 2 is 1.63 bits per heavy atom. The zero-order chi connectivity index (χ0) is 21.6. The molecule has 1 amide bonds. The van der Waals surface area contributed by atoms with Crippen molar-refractivity contribution in [3.63, 3.8) is 0 Å². The van der Waals surface area contributed by atoms with Crippen LogP contribution in [0.4, 0.5) is 5.69 Å². The maximum Gasteiger partial charge on any atom is 0.263 e. The van der Waals surface area contributed by atoms with E-state index in [1.807, 2.05) is 18.2 Å². The molecule has 1 atom stereocenters. The fourth-order valence-electron chi connectivity index (χ4n) is 3.53. The zero-order valence-electron chi connectivity index (χ0n) is 17.4. The van der Waals surface area contributed by atoms with Gasteiger partial charge in [-0.2, -0.15) is 5.10 Å². The van der Waals surface area contributed by atoms with E-state index in [0.717, 1.165) is 48.7 Å². The minimum absolute atomic E-state index is 0.449. The third-order valence-corrected chi connectivity index (χ3v) is 6.35. The Morgan fingerprint density at radius 1 is 1.07 bits per heavy atom. The van der Waals surface area contributed by atoms with Crippen molar-refractivity contribution in [2.24, 2.45) is 5.10 Å². The van der Waals surface area contributed by atoms with Crippen LogP contribution >= 0.6 is 0 Å². The number of nitrogens with zero attached hydrogens (tertiary/aromatic N) is 3. The number of anilines is 1. The summed E-state index contributed by atoms with van der Waals surface area (Å²) < 4.78 is 25.7. The van der Waals surface area contributed by atoms with Crippen molar-refractivity contribution in [2.75, 3.05) is 23.7 Å². The fourth-order valence-corrected chi connectivity index (χ4v) is 4.71. The van der Waals surface area contributed by atoms with Gasteiger partial charge in [0, 0.05) is 38.2 Å². The number of hydrogen-bond acceptors (Lipinski definition) is 5. The van der Waals surface area contributed by atoms with Gasteiger partial charge < -0.3 is 0 Å². The number of benzene rings is 2. The van der Waals surface area contributed by atoms with E-state index in [-0.39, 0.29) is 0 Å². The van der Waals surface area contributed by atoms with E-state index >= 15 is 0 Å². The van der Waals surface area contributed by atoms with Crippen LogP contribution in [0.5, 0.6) is 0 Å². The highest BCUT2D eigenvalue weighted by molar-refractivity contribution is 7.92. The Hall–Kier alpha value is -2.71. The minimum Gasteiger partial charge on any atom is -0.298 e. The van der Waals surface area contributed by atoms with Gasteiger partial charge in [-0.1, -0.05) is 48.5 Å². The van der Waals surface area contributed by atoms with Crippen molar-refractivity contribution in [3.8, 4) is 0 Å². The molecule has 0 aliphatic carbocycles. The number of piperidine rings is 1. The van der Waals surface area contributed by atoms with E-state index < -0.39 is 22.0 Å². The van der Waals surface area contributed by atoms with E-state index in [1.54, 1.807) is 37.3 Å². The lowest BCUT2D eigenvalue weighted by molar-refractivity contribution is -0.121. The SMILES string of the molecule is C[C@H](C(=O)NN=C1CCN(Cc2ccccc2)CC1)N(c1ccccc1)S(C)(=O)=O. The number of likely N-dealkylation sites (tertiary alicyclic amines) is 1. The van der Waals surface area contributed by atoms with Gasteiger partial charge in [-0.3, -0.25) is 14.0 Å². The standard InChI is InChI=1S/C22H28N4O3S/c1-18(26(30(2,28)29)21-11-7-4-8-12-21)22(27)24-23-20-13-15-25(16-14-20)17-19-9-5-3-6-10-19/h3-12,18H,13-17H2,1-2H3,(H,24,27)/t18-/m1/s1. The van der Waals surface area contributed by atoms with Crippen LogP contribution in [-0.4, -0.2) is 50.3 Å². The number of amides is 1. The Morgan fingerprint density at radius 3 is 2.20 bits per heavy atom. The summed E-state index contributed by atoms with van der Waals surface area (Å²) in [5.74, 6) is -0.455. The smallest absolute Gasteiger partial charge is 0.263 e. The maximum absolute atomic E-state index is 12.6. The fraction of sp³-hybridized carbons (Fsp3) is 0.364. The monoisotopic (exact) mass is 428 g/mol. The van der Waals surface area contributed by atoms with Crippen LogP contribution in [0.2, 0.25) is 0 Å². The van der Waals surface area contributed by atoms with E-state index in [4.69, 9.17) is 0 Å². The van der Waals surface area contributed by atoms with Gasteiger partial charge in [-0.05, 0) is 24.6 Å². The highest BCUT2D eigenvalue weighted by Gasteiger charge is 2.29. The van der Waals surface area contributed by atoms with E-state index in [9.17, 15) is 13.2 Å². The molecule has 30 heavy (non-hydrogen) atoms. The van der Waals surface area contributed by atoms with Crippen molar-refractivity contribution in [3.05, 3.63) is 66.2 Å². The molecule has 0 aromatic heterocycles.